The first-order chi connectivity index (χ1) is 8.75. The van der Waals surface area contributed by atoms with Gasteiger partial charge < -0.3 is 10.4 Å². The van der Waals surface area contributed by atoms with Crippen molar-refractivity contribution in [3.05, 3.63) is 0 Å². The second-order valence-corrected chi connectivity index (χ2v) is 8.22. The number of rotatable bonds is 6. The van der Waals surface area contributed by atoms with E-state index >= 15 is 0 Å². The summed E-state index contributed by atoms with van der Waals surface area (Å²) in [6.45, 7) is 1.72. The van der Waals surface area contributed by atoms with Crippen molar-refractivity contribution in [2.45, 2.75) is 30.0 Å². The Hall–Kier alpha value is -0.470. The Labute approximate surface area is 121 Å². The van der Waals surface area contributed by atoms with E-state index in [2.05, 4.69) is 5.32 Å². The monoisotopic (exact) mass is 329 g/mol. The summed E-state index contributed by atoms with van der Waals surface area (Å²) in [4.78, 5) is 22.4. The summed E-state index contributed by atoms with van der Waals surface area (Å²) < 4.78 is 22.6. The SMILES string of the molecule is CCC(SCC(=O)NC1CS(=O)(=O)CC1Cl)C(=O)O. The summed E-state index contributed by atoms with van der Waals surface area (Å²) >= 11 is 6.87. The number of carboxylic acid groups (broad SMARTS) is 1. The van der Waals surface area contributed by atoms with E-state index in [9.17, 15) is 18.0 Å². The summed E-state index contributed by atoms with van der Waals surface area (Å²) in [5, 5.41) is 10.1. The van der Waals surface area contributed by atoms with Crippen LogP contribution < -0.4 is 5.32 Å². The zero-order chi connectivity index (χ0) is 14.6. The number of hydrogen-bond donors (Lipinski definition) is 2. The van der Waals surface area contributed by atoms with Crippen LogP contribution >= 0.6 is 23.4 Å². The average molecular weight is 330 g/mol. The maximum Gasteiger partial charge on any atom is 0.316 e. The summed E-state index contributed by atoms with van der Waals surface area (Å²) in [5.41, 5.74) is 0. The van der Waals surface area contributed by atoms with Crippen molar-refractivity contribution in [3.63, 3.8) is 0 Å². The molecule has 110 valence electrons. The fraction of sp³-hybridized carbons (Fsp3) is 0.800. The number of alkyl halides is 1. The number of thioether (sulfide) groups is 1. The molecule has 0 aromatic heterocycles. The van der Waals surface area contributed by atoms with Gasteiger partial charge in [0.25, 0.3) is 0 Å². The van der Waals surface area contributed by atoms with Crippen LogP contribution in [0.25, 0.3) is 0 Å². The Morgan fingerprint density at radius 2 is 2.11 bits per heavy atom. The molecule has 0 spiro atoms. The van der Waals surface area contributed by atoms with E-state index in [1.807, 2.05) is 0 Å². The molecule has 1 rings (SSSR count). The number of nitrogens with one attached hydrogen (secondary N) is 1. The first-order valence-electron chi connectivity index (χ1n) is 5.73. The lowest BCUT2D eigenvalue weighted by molar-refractivity contribution is -0.136. The van der Waals surface area contributed by atoms with Gasteiger partial charge in [0.2, 0.25) is 5.91 Å². The van der Waals surface area contributed by atoms with E-state index in [1.165, 1.54) is 0 Å². The van der Waals surface area contributed by atoms with Gasteiger partial charge in [0.15, 0.2) is 9.84 Å². The van der Waals surface area contributed by atoms with Crippen LogP contribution in [0.15, 0.2) is 0 Å². The van der Waals surface area contributed by atoms with Gasteiger partial charge in [-0.1, -0.05) is 6.92 Å². The lowest BCUT2D eigenvalue weighted by atomic mass is 10.2. The molecule has 3 unspecified atom stereocenters. The van der Waals surface area contributed by atoms with Gasteiger partial charge in [-0.3, -0.25) is 9.59 Å². The highest BCUT2D eigenvalue weighted by Crippen LogP contribution is 2.19. The molecule has 0 saturated carbocycles. The van der Waals surface area contributed by atoms with Gasteiger partial charge in [0, 0.05) is 0 Å². The minimum atomic E-state index is -3.19. The topological polar surface area (TPSA) is 101 Å². The van der Waals surface area contributed by atoms with E-state index in [0.29, 0.717) is 6.42 Å². The Balaban J connectivity index is 2.42. The van der Waals surface area contributed by atoms with Crippen molar-refractivity contribution < 1.29 is 23.1 Å². The molecule has 1 fully saturated rings. The number of carboxylic acids is 1. The smallest absolute Gasteiger partial charge is 0.316 e. The third-order valence-corrected chi connectivity index (χ3v) is 6.43. The average Bonchev–Trinajstić information content (AvgIpc) is 2.52. The lowest BCUT2D eigenvalue weighted by Gasteiger charge is -2.15. The largest absolute Gasteiger partial charge is 0.480 e. The maximum atomic E-state index is 11.6. The quantitative estimate of drug-likeness (QED) is 0.670. The molecular formula is C10H16ClNO5S2. The molecule has 6 nitrogen and oxygen atoms in total. The van der Waals surface area contributed by atoms with Crippen LogP contribution in [0.1, 0.15) is 13.3 Å². The zero-order valence-corrected chi connectivity index (χ0v) is 12.7. The fourth-order valence-electron chi connectivity index (χ4n) is 1.73. The molecular weight excluding hydrogens is 314 g/mol. The number of carbonyl (C=O) groups is 2. The van der Waals surface area contributed by atoms with Gasteiger partial charge >= 0.3 is 5.97 Å². The van der Waals surface area contributed by atoms with Crippen LogP contribution in [0.4, 0.5) is 0 Å². The third kappa shape index (κ3) is 5.19. The van der Waals surface area contributed by atoms with E-state index < -0.39 is 38.4 Å². The molecule has 0 radical (unpaired) electrons. The number of carbonyl (C=O) groups excluding carboxylic acids is 1. The minimum absolute atomic E-state index is 0.0229. The molecule has 0 aliphatic carbocycles. The first kappa shape index (κ1) is 16.6. The van der Waals surface area contributed by atoms with E-state index in [4.69, 9.17) is 16.7 Å². The second kappa shape index (κ2) is 6.81. The van der Waals surface area contributed by atoms with Crippen molar-refractivity contribution in [2.24, 2.45) is 0 Å². The maximum absolute atomic E-state index is 11.6. The number of aliphatic carboxylic acids is 1. The van der Waals surface area contributed by atoms with Crippen molar-refractivity contribution >= 4 is 45.1 Å². The van der Waals surface area contributed by atoms with Gasteiger partial charge in [0.1, 0.15) is 5.25 Å². The second-order valence-electron chi connectivity index (χ2n) is 4.31. The lowest BCUT2D eigenvalue weighted by Crippen LogP contribution is -2.41. The summed E-state index contributed by atoms with van der Waals surface area (Å²) in [7, 11) is -3.19. The summed E-state index contributed by atoms with van der Waals surface area (Å²) in [5.74, 6) is -1.67. The molecule has 3 atom stereocenters. The predicted molar refractivity (Wildman–Crippen MR) is 74.4 cm³/mol. The highest BCUT2D eigenvalue weighted by atomic mass is 35.5. The summed E-state index contributed by atoms with van der Waals surface area (Å²) in [6.07, 6.45) is 0.420. The Kier molecular flexibility index (Phi) is 5.94. The highest BCUT2D eigenvalue weighted by Gasteiger charge is 2.37. The van der Waals surface area contributed by atoms with Gasteiger partial charge in [-0.15, -0.1) is 23.4 Å². The number of amides is 1. The molecule has 19 heavy (non-hydrogen) atoms. The van der Waals surface area contributed by atoms with Crippen LogP contribution in [-0.4, -0.2) is 59.3 Å². The fourth-order valence-corrected chi connectivity index (χ4v) is 5.09. The van der Waals surface area contributed by atoms with Gasteiger partial charge in [-0.05, 0) is 6.42 Å². The Bertz CT molecular complexity index is 453. The van der Waals surface area contributed by atoms with Crippen LogP contribution in [0, 0.1) is 0 Å². The molecule has 1 aliphatic heterocycles. The molecule has 9 heteroatoms. The first-order valence-corrected chi connectivity index (χ1v) is 9.04. The van der Waals surface area contributed by atoms with Crippen LogP contribution in [0.5, 0.6) is 0 Å². The third-order valence-electron chi connectivity index (χ3n) is 2.69. The molecule has 2 N–H and O–H groups in total. The molecule has 1 heterocycles. The highest BCUT2D eigenvalue weighted by molar-refractivity contribution is 8.01. The van der Waals surface area contributed by atoms with E-state index in [1.54, 1.807) is 6.92 Å². The zero-order valence-electron chi connectivity index (χ0n) is 10.3. The standard InChI is InChI=1S/C10H16ClNO5S2/c1-2-8(10(14)15)18-3-9(13)12-7-5-19(16,17)4-6(7)11/h6-8H,2-5H2,1H3,(H,12,13)(H,14,15). The van der Waals surface area contributed by atoms with E-state index in [-0.39, 0.29) is 17.3 Å². The Morgan fingerprint density at radius 3 is 2.53 bits per heavy atom. The van der Waals surface area contributed by atoms with Crippen LogP contribution in [0.3, 0.4) is 0 Å². The predicted octanol–water partition coefficient (Wildman–Crippen LogP) is 0.103. The molecule has 0 aromatic rings. The molecule has 0 aromatic carbocycles. The summed E-state index contributed by atoms with van der Waals surface area (Å²) in [6, 6.07) is -0.593. The van der Waals surface area contributed by atoms with Gasteiger partial charge in [-0.25, -0.2) is 8.42 Å². The minimum Gasteiger partial charge on any atom is -0.480 e. The van der Waals surface area contributed by atoms with Gasteiger partial charge in [-0.2, -0.15) is 0 Å². The number of sulfone groups is 1. The van der Waals surface area contributed by atoms with Crippen molar-refractivity contribution in [1.29, 1.82) is 0 Å². The van der Waals surface area contributed by atoms with Crippen molar-refractivity contribution in [3.8, 4) is 0 Å². The van der Waals surface area contributed by atoms with Gasteiger partial charge in [0.05, 0.1) is 28.7 Å². The normalized spacial score (nSPS) is 26.8. The molecule has 1 saturated heterocycles. The Morgan fingerprint density at radius 1 is 1.47 bits per heavy atom. The van der Waals surface area contributed by atoms with Crippen molar-refractivity contribution in [1.82, 2.24) is 5.32 Å². The van der Waals surface area contributed by atoms with Crippen LogP contribution in [0.2, 0.25) is 0 Å². The molecule has 1 amide bonds. The number of hydrogen-bond acceptors (Lipinski definition) is 5. The van der Waals surface area contributed by atoms with Crippen molar-refractivity contribution in [2.75, 3.05) is 17.3 Å². The van der Waals surface area contributed by atoms with Crippen LogP contribution in [-0.2, 0) is 19.4 Å². The molecule has 1 aliphatic rings. The van der Waals surface area contributed by atoms with E-state index in [0.717, 1.165) is 11.8 Å². The molecule has 0 bridgehead atoms. The number of halogens is 1.